The van der Waals surface area contributed by atoms with Gasteiger partial charge in [-0.1, -0.05) is 42.5 Å². The van der Waals surface area contributed by atoms with E-state index in [-0.39, 0.29) is 22.8 Å². The highest BCUT2D eigenvalue weighted by Gasteiger charge is 2.26. The largest absolute Gasteiger partial charge is 0.478 e. The van der Waals surface area contributed by atoms with Crippen LogP contribution in [0.4, 0.5) is 16.0 Å². The SMILES string of the molecule is C[C@H](Nc1ncnc(N)c1C#N)c1c(-c2ccccc2)c(=O)n2cc(F)ccc2c1-c1ccc(C(=O)O)cc1. The van der Waals surface area contributed by atoms with Crippen LogP contribution < -0.4 is 16.6 Å². The molecule has 39 heavy (non-hydrogen) atoms. The van der Waals surface area contributed by atoms with E-state index in [0.29, 0.717) is 33.3 Å². The van der Waals surface area contributed by atoms with Gasteiger partial charge in [-0.05, 0) is 47.9 Å². The Morgan fingerprint density at radius 3 is 2.41 bits per heavy atom. The molecule has 9 nitrogen and oxygen atoms in total. The molecule has 3 heterocycles. The van der Waals surface area contributed by atoms with Crippen molar-refractivity contribution in [3.8, 4) is 28.3 Å². The second kappa shape index (κ2) is 10.1. The molecule has 2 aromatic carbocycles. The number of nitrogens with one attached hydrogen (secondary N) is 1. The Labute approximate surface area is 221 Å². The molecular formula is C29H21FN6O3. The van der Waals surface area contributed by atoms with Crippen molar-refractivity contribution < 1.29 is 14.3 Å². The summed E-state index contributed by atoms with van der Waals surface area (Å²) in [5, 5.41) is 22.3. The highest BCUT2D eigenvalue weighted by molar-refractivity contribution is 5.92. The van der Waals surface area contributed by atoms with E-state index in [1.165, 1.54) is 35.0 Å². The van der Waals surface area contributed by atoms with Gasteiger partial charge < -0.3 is 16.2 Å². The molecule has 0 saturated carbocycles. The third-order valence-corrected chi connectivity index (χ3v) is 6.40. The van der Waals surface area contributed by atoms with Gasteiger partial charge in [0.05, 0.1) is 22.7 Å². The van der Waals surface area contributed by atoms with Crippen molar-refractivity contribution in [2.75, 3.05) is 11.1 Å². The lowest BCUT2D eigenvalue weighted by Gasteiger charge is -2.24. The average molecular weight is 521 g/mol. The lowest BCUT2D eigenvalue weighted by molar-refractivity contribution is 0.0697. The van der Waals surface area contributed by atoms with E-state index in [2.05, 4.69) is 15.3 Å². The first-order valence-electron chi connectivity index (χ1n) is 11.8. The number of aromatic nitrogens is 3. The van der Waals surface area contributed by atoms with Crippen LogP contribution in [-0.2, 0) is 0 Å². The van der Waals surface area contributed by atoms with Crippen LogP contribution in [0.2, 0.25) is 0 Å². The molecule has 0 unspecified atom stereocenters. The number of nitrogens with two attached hydrogens (primary N) is 1. The molecule has 192 valence electrons. The number of nitrogens with zero attached hydrogens (tertiary/aromatic N) is 4. The molecule has 0 aliphatic heterocycles. The van der Waals surface area contributed by atoms with Crippen molar-refractivity contribution in [3.05, 3.63) is 112 Å². The molecule has 0 spiro atoms. The number of anilines is 2. The molecule has 5 aromatic rings. The van der Waals surface area contributed by atoms with Crippen LogP contribution in [0, 0.1) is 17.1 Å². The van der Waals surface area contributed by atoms with E-state index in [1.807, 2.05) is 12.1 Å². The Balaban J connectivity index is 1.87. The number of rotatable bonds is 6. The van der Waals surface area contributed by atoms with Crippen molar-refractivity contribution in [2.45, 2.75) is 13.0 Å². The quantitative estimate of drug-likeness (QED) is 0.287. The van der Waals surface area contributed by atoms with Crippen LogP contribution in [0.1, 0.15) is 34.5 Å². The molecule has 0 fully saturated rings. The molecule has 0 saturated heterocycles. The number of aromatic carboxylic acids is 1. The molecule has 0 aliphatic carbocycles. The first kappa shape index (κ1) is 25.1. The predicted octanol–water partition coefficient (Wildman–Crippen LogP) is 4.89. The zero-order valence-corrected chi connectivity index (χ0v) is 20.6. The van der Waals surface area contributed by atoms with Gasteiger partial charge in [0.2, 0.25) is 0 Å². The van der Waals surface area contributed by atoms with Gasteiger partial charge in [-0.2, -0.15) is 5.26 Å². The maximum absolute atomic E-state index is 14.4. The number of halogens is 1. The standard InChI is InChI=1S/C29H21FN6O3/c1-16(35-27-21(13-31)26(32)33-15-34-27)23-24(18-7-9-19(10-8-18)29(38)39)22-12-11-20(30)14-36(22)28(37)25(23)17-5-3-2-4-6-17/h2-12,14-16H,1H3,(H,38,39)(H3,32,33,34,35)/t16-/m0/s1. The highest BCUT2D eigenvalue weighted by Crippen LogP contribution is 2.39. The van der Waals surface area contributed by atoms with E-state index in [9.17, 15) is 24.3 Å². The molecule has 0 bridgehead atoms. The number of nitriles is 1. The summed E-state index contributed by atoms with van der Waals surface area (Å²) in [6.45, 7) is 1.80. The van der Waals surface area contributed by atoms with Gasteiger partial charge in [-0.15, -0.1) is 0 Å². The minimum Gasteiger partial charge on any atom is -0.478 e. The lowest BCUT2D eigenvalue weighted by atomic mass is 9.88. The van der Waals surface area contributed by atoms with Crippen LogP contribution in [-0.4, -0.2) is 25.4 Å². The van der Waals surface area contributed by atoms with Crippen LogP contribution in [0.3, 0.4) is 0 Å². The topological polar surface area (TPSA) is 146 Å². The minimum atomic E-state index is -1.08. The normalized spacial score (nSPS) is 11.6. The Morgan fingerprint density at radius 1 is 1.05 bits per heavy atom. The van der Waals surface area contributed by atoms with Gasteiger partial charge in [0.1, 0.15) is 35.4 Å². The molecule has 0 amide bonds. The van der Waals surface area contributed by atoms with Gasteiger partial charge >= 0.3 is 5.97 Å². The van der Waals surface area contributed by atoms with E-state index < -0.39 is 23.4 Å². The number of nitrogen functional groups attached to an aromatic ring is 1. The Hall–Kier alpha value is -5.56. The first-order chi connectivity index (χ1) is 18.8. The van der Waals surface area contributed by atoms with E-state index in [0.717, 1.165) is 6.20 Å². The number of pyridine rings is 2. The fraction of sp³-hybridized carbons (Fsp3) is 0.0690. The third kappa shape index (κ3) is 4.53. The molecule has 0 aliphatic rings. The summed E-state index contributed by atoms with van der Waals surface area (Å²) < 4.78 is 15.6. The number of hydrogen-bond donors (Lipinski definition) is 3. The molecule has 5 rings (SSSR count). The van der Waals surface area contributed by atoms with Gasteiger partial charge in [-0.3, -0.25) is 9.20 Å². The first-order valence-corrected chi connectivity index (χ1v) is 11.8. The second-order valence-corrected chi connectivity index (χ2v) is 8.78. The zero-order chi connectivity index (χ0) is 27.7. The van der Waals surface area contributed by atoms with E-state index in [1.54, 1.807) is 43.3 Å². The average Bonchev–Trinajstić information content (AvgIpc) is 2.94. The van der Waals surface area contributed by atoms with Crippen molar-refractivity contribution >= 4 is 23.1 Å². The minimum absolute atomic E-state index is 0.00372. The fourth-order valence-electron chi connectivity index (χ4n) is 4.64. The summed E-state index contributed by atoms with van der Waals surface area (Å²) in [5.74, 6) is -1.49. The molecule has 4 N–H and O–H groups in total. The lowest BCUT2D eigenvalue weighted by Crippen LogP contribution is -2.23. The molecule has 3 aromatic heterocycles. The molecule has 1 atom stereocenters. The summed E-state index contributed by atoms with van der Waals surface area (Å²) in [4.78, 5) is 33.5. The Bertz CT molecular complexity index is 1830. The van der Waals surface area contributed by atoms with Gasteiger partial charge in [0, 0.05) is 11.8 Å². The fourth-order valence-corrected chi connectivity index (χ4v) is 4.64. The van der Waals surface area contributed by atoms with Crippen LogP contribution in [0.5, 0.6) is 0 Å². The Morgan fingerprint density at radius 2 is 1.74 bits per heavy atom. The zero-order valence-electron chi connectivity index (χ0n) is 20.6. The van der Waals surface area contributed by atoms with Crippen molar-refractivity contribution in [3.63, 3.8) is 0 Å². The third-order valence-electron chi connectivity index (χ3n) is 6.40. The van der Waals surface area contributed by atoms with E-state index in [4.69, 9.17) is 5.73 Å². The van der Waals surface area contributed by atoms with Gasteiger partial charge in [0.25, 0.3) is 5.56 Å². The van der Waals surface area contributed by atoms with Crippen molar-refractivity contribution in [2.24, 2.45) is 0 Å². The Kier molecular flexibility index (Phi) is 6.48. The highest BCUT2D eigenvalue weighted by atomic mass is 19.1. The monoisotopic (exact) mass is 520 g/mol. The number of carbonyl (C=O) groups is 1. The summed E-state index contributed by atoms with van der Waals surface area (Å²) in [7, 11) is 0. The van der Waals surface area contributed by atoms with Crippen molar-refractivity contribution in [1.82, 2.24) is 14.4 Å². The van der Waals surface area contributed by atoms with Crippen LogP contribution in [0.25, 0.3) is 27.8 Å². The number of carboxylic acid groups (broad SMARTS) is 1. The number of fused-ring (bicyclic) bond motifs is 1. The predicted molar refractivity (Wildman–Crippen MR) is 145 cm³/mol. The number of hydrogen-bond acceptors (Lipinski definition) is 7. The summed E-state index contributed by atoms with van der Waals surface area (Å²) >= 11 is 0. The summed E-state index contributed by atoms with van der Waals surface area (Å²) in [5.41, 5.74) is 8.61. The molecule has 0 radical (unpaired) electrons. The van der Waals surface area contributed by atoms with Crippen LogP contribution in [0.15, 0.2) is 84.0 Å². The summed E-state index contributed by atoms with van der Waals surface area (Å²) in [6.07, 6.45) is 2.35. The maximum Gasteiger partial charge on any atom is 0.335 e. The maximum atomic E-state index is 14.4. The second-order valence-electron chi connectivity index (χ2n) is 8.78. The summed E-state index contributed by atoms with van der Waals surface area (Å²) in [6, 6.07) is 19.3. The van der Waals surface area contributed by atoms with Gasteiger partial charge in [-0.25, -0.2) is 19.2 Å². The van der Waals surface area contributed by atoms with Gasteiger partial charge in [0.15, 0.2) is 0 Å². The van der Waals surface area contributed by atoms with E-state index >= 15 is 0 Å². The van der Waals surface area contributed by atoms with Crippen molar-refractivity contribution in [1.29, 1.82) is 5.26 Å². The molecular weight excluding hydrogens is 499 g/mol. The number of carboxylic acids is 1. The smallest absolute Gasteiger partial charge is 0.335 e. The number of benzene rings is 2. The molecule has 10 heteroatoms. The van der Waals surface area contributed by atoms with Crippen LogP contribution >= 0.6 is 0 Å².